The lowest BCUT2D eigenvalue weighted by molar-refractivity contribution is -0.136. The zero-order valence-corrected chi connectivity index (χ0v) is 8.49. The molecule has 0 saturated carbocycles. The van der Waals surface area contributed by atoms with Crippen LogP contribution in [0.2, 0.25) is 0 Å². The van der Waals surface area contributed by atoms with Crippen LogP contribution < -0.4 is 11.1 Å². The summed E-state index contributed by atoms with van der Waals surface area (Å²) in [5.41, 5.74) is 5.64. The summed E-state index contributed by atoms with van der Waals surface area (Å²) in [5, 5.41) is 2.74. The van der Waals surface area contributed by atoms with E-state index >= 15 is 0 Å². The highest BCUT2D eigenvalue weighted by Crippen LogP contribution is 2.11. The van der Waals surface area contributed by atoms with Gasteiger partial charge in [-0.15, -0.1) is 0 Å². The number of carbonyl (C=O) groups is 1. The van der Waals surface area contributed by atoms with Crippen molar-refractivity contribution in [1.82, 2.24) is 5.32 Å². The van der Waals surface area contributed by atoms with E-state index in [1.165, 1.54) is 0 Å². The molecule has 1 aliphatic rings. The van der Waals surface area contributed by atoms with E-state index in [2.05, 4.69) is 5.32 Å². The SMILES string of the molecule is COCCNC(=O)[C@@H]1CC[C@@H](N)CO1. The highest BCUT2D eigenvalue weighted by atomic mass is 16.5. The van der Waals surface area contributed by atoms with Crippen molar-refractivity contribution < 1.29 is 14.3 Å². The number of carbonyl (C=O) groups excluding carboxylic acids is 1. The minimum atomic E-state index is -0.327. The Labute approximate surface area is 83.9 Å². The van der Waals surface area contributed by atoms with Crippen molar-refractivity contribution in [3.05, 3.63) is 0 Å². The fourth-order valence-corrected chi connectivity index (χ4v) is 1.37. The number of rotatable bonds is 4. The summed E-state index contributed by atoms with van der Waals surface area (Å²) >= 11 is 0. The topological polar surface area (TPSA) is 73.6 Å². The minimum absolute atomic E-state index is 0.0612. The third-order valence-corrected chi connectivity index (χ3v) is 2.21. The molecule has 3 N–H and O–H groups in total. The Morgan fingerprint density at radius 3 is 3.00 bits per heavy atom. The van der Waals surface area contributed by atoms with Crippen LogP contribution in [-0.4, -0.2) is 44.9 Å². The van der Waals surface area contributed by atoms with Crippen LogP contribution in [0.3, 0.4) is 0 Å². The summed E-state index contributed by atoms with van der Waals surface area (Å²) in [6.45, 7) is 1.53. The van der Waals surface area contributed by atoms with Gasteiger partial charge in [0, 0.05) is 19.7 Å². The quantitative estimate of drug-likeness (QED) is 0.589. The van der Waals surface area contributed by atoms with Crippen molar-refractivity contribution >= 4 is 5.91 Å². The predicted molar refractivity (Wildman–Crippen MR) is 51.8 cm³/mol. The molecule has 0 spiro atoms. The van der Waals surface area contributed by atoms with Crippen molar-refractivity contribution in [3.8, 4) is 0 Å². The Kier molecular flexibility index (Phi) is 4.86. The van der Waals surface area contributed by atoms with Crippen molar-refractivity contribution in [3.63, 3.8) is 0 Å². The smallest absolute Gasteiger partial charge is 0.249 e. The van der Waals surface area contributed by atoms with Gasteiger partial charge in [-0.05, 0) is 12.8 Å². The first-order valence-electron chi connectivity index (χ1n) is 4.88. The molecule has 0 bridgehead atoms. The van der Waals surface area contributed by atoms with Gasteiger partial charge in [-0.3, -0.25) is 4.79 Å². The van der Waals surface area contributed by atoms with Crippen LogP contribution in [0, 0.1) is 0 Å². The molecule has 0 aromatic heterocycles. The molecule has 5 heteroatoms. The molecule has 2 atom stereocenters. The second-order valence-electron chi connectivity index (χ2n) is 3.44. The molecule has 0 aromatic carbocycles. The predicted octanol–water partition coefficient (Wildman–Crippen LogP) is -0.745. The Morgan fingerprint density at radius 2 is 2.43 bits per heavy atom. The summed E-state index contributed by atoms with van der Waals surface area (Å²) in [6, 6.07) is 0.0815. The maximum atomic E-state index is 11.4. The summed E-state index contributed by atoms with van der Waals surface area (Å²) in [7, 11) is 1.60. The van der Waals surface area contributed by atoms with E-state index in [4.69, 9.17) is 15.2 Å². The van der Waals surface area contributed by atoms with Gasteiger partial charge in [0.15, 0.2) is 0 Å². The van der Waals surface area contributed by atoms with E-state index in [9.17, 15) is 4.79 Å². The molecule has 1 saturated heterocycles. The maximum absolute atomic E-state index is 11.4. The number of hydrogen-bond donors (Lipinski definition) is 2. The molecule has 1 fully saturated rings. The van der Waals surface area contributed by atoms with Crippen LogP contribution in [0.5, 0.6) is 0 Å². The fourth-order valence-electron chi connectivity index (χ4n) is 1.37. The summed E-state index contributed by atoms with van der Waals surface area (Å²) in [6.07, 6.45) is 1.23. The molecule has 1 heterocycles. The zero-order valence-electron chi connectivity index (χ0n) is 8.49. The lowest BCUT2D eigenvalue weighted by Crippen LogP contribution is -2.44. The van der Waals surface area contributed by atoms with E-state index in [1.54, 1.807) is 7.11 Å². The maximum Gasteiger partial charge on any atom is 0.249 e. The average molecular weight is 202 g/mol. The van der Waals surface area contributed by atoms with E-state index < -0.39 is 0 Å². The summed E-state index contributed by atoms with van der Waals surface area (Å²) in [4.78, 5) is 11.4. The Morgan fingerprint density at radius 1 is 1.64 bits per heavy atom. The van der Waals surface area contributed by atoms with Gasteiger partial charge in [-0.2, -0.15) is 0 Å². The fraction of sp³-hybridized carbons (Fsp3) is 0.889. The molecule has 1 rings (SSSR count). The van der Waals surface area contributed by atoms with Crippen LogP contribution in [0.4, 0.5) is 0 Å². The van der Waals surface area contributed by atoms with Gasteiger partial charge in [0.1, 0.15) is 6.10 Å². The highest BCUT2D eigenvalue weighted by molar-refractivity contribution is 5.80. The molecule has 5 nitrogen and oxygen atoms in total. The third kappa shape index (κ3) is 3.61. The standard InChI is InChI=1S/C9H18N2O3/c1-13-5-4-11-9(12)8-3-2-7(10)6-14-8/h7-8H,2-6,10H2,1H3,(H,11,12)/t7-,8+/m1/s1. The van der Waals surface area contributed by atoms with E-state index in [0.717, 1.165) is 6.42 Å². The third-order valence-electron chi connectivity index (χ3n) is 2.21. The van der Waals surface area contributed by atoms with Crippen molar-refractivity contribution in [2.45, 2.75) is 25.0 Å². The second kappa shape index (κ2) is 5.95. The number of methoxy groups -OCH3 is 1. The summed E-state index contributed by atoms with van der Waals surface area (Å²) in [5.74, 6) is -0.0612. The van der Waals surface area contributed by atoms with Crippen LogP contribution in [0.15, 0.2) is 0 Å². The van der Waals surface area contributed by atoms with Crippen LogP contribution in [-0.2, 0) is 14.3 Å². The van der Waals surface area contributed by atoms with Gasteiger partial charge in [0.2, 0.25) is 5.91 Å². The molecule has 82 valence electrons. The minimum Gasteiger partial charge on any atom is -0.383 e. The number of amides is 1. The molecule has 1 amide bonds. The molecule has 0 radical (unpaired) electrons. The first kappa shape index (κ1) is 11.4. The Bertz CT molecular complexity index is 179. The van der Waals surface area contributed by atoms with Gasteiger partial charge < -0.3 is 20.5 Å². The van der Waals surface area contributed by atoms with Crippen LogP contribution in [0.25, 0.3) is 0 Å². The van der Waals surface area contributed by atoms with E-state index in [1.807, 2.05) is 0 Å². The van der Waals surface area contributed by atoms with Gasteiger partial charge in [-0.25, -0.2) is 0 Å². The van der Waals surface area contributed by atoms with Crippen LogP contribution in [0.1, 0.15) is 12.8 Å². The Hall–Kier alpha value is -0.650. The second-order valence-corrected chi connectivity index (χ2v) is 3.44. The molecule has 0 unspecified atom stereocenters. The molecule has 0 aliphatic carbocycles. The number of ether oxygens (including phenoxy) is 2. The Balaban J connectivity index is 2.17. The lowest BCUT2D eigenvalue weighted by Gasteiger charge is -2.25. The molecule has 14 heavy (non-hydrogen) atoms. The van der Waals surface area contributed by atoms with Gasteiger partial charge in [-0.1, -0.05) is 0 Å². The molecular weight excluding hydrogens is 184 g/mol. The van der Waals surface area contributed by atoms with Gasteiger partial charge in [0.25, 0.3) is 0 Å². The molecular formula is C9H18N2O3. The zero-order chi connectivity index (χ0) is 10.4. The lowest BCUT2D eigenvalue weighted by atomic mass is 10.1. The average Bonchev–Trinajstić information content (AvgIpc) is 2.19. The summed E-state index contributed by atoms with van der Waals surface area (Å²) < 4.78 is 10.1. The monoisotopic (exact) mass is 202 g/mol. The van der Waals surface area contributed by atoms with Crippen molar-refractivity contribution in [2.75, 3.05) is 26.9 Å². The highest BCUT2D eigenvalue weighted by Gasteiger charge is 2.24. The molecule has 1 aliphatic heterocycles. The largest absolute Gasteiger partial charge is 0.383 e. The first-order valence-corrected chi connectivity index (χ1v) is 4.88. The van der Waals surface area contributed by atoms with Gasteiger partial charge >= 0.3 is 0 Å². The van der Waals surface area contributed by atoms with Crippen molar-refractivity contribution in [2.24, 2.45) is 5.73 Å². The van der Waals surface area contributed by atoms with Gasteiger partial charge in [0.05, 0.1) is 13.2 Å². The van der Waals surface area contributed by atoms with E-state index in [-0.39, 0.29) is 18.1 Å². The first-order chi connectivity index (χ1) is 6.74. The van der Waals surface area contributed by atoms with E-state index in [0.29, 0.717) is 26.2 Å². The normalized spacial score (nSPS) is 27.3. The number of nitrogens with one attached hydrogen (secondary N) is 1. The van der Waals surface area contributed by atoms with Crippen molar-refractivity contribution in [1.29, 1.82) is 0 Å². The number of nitrogens with two attached hydrogens (primary N) is 1. The van der Waals surface area contributed by atoms with Crippen LogP contribution >= 0.6 is 0 Å². The molecule has 0 aromatic rings. The number of hydrogen-bond acceptors (Lipinski definition) is 4.